The lowest BCUT2D eigenvalue weighted by Gasteiger charge is -2.19. The van der Waals surface area contributed by atoms with E-state index in [9.17, 15) is 14.3 Å². The summed E-state index contributed by atoms with van der Waals surface area (Å²) in [6.45, 7) is 5.95. The number of carbonyl (C=O) groups is 1. The molecule has 0 aliphatic carbocycles. The maximum Gasteiger partial charge on any atom is 0.263 e. The first kappa shape index (κ1) is 19.7. The molecular formula is C21H20FN3O2S. The highest BCUT2D eigenvalue weighted by atomic mass is 32.1. The summed E-state index contributed by atoms with van der Waals surface area (Å²) in [5.74, 6) is -0.995. The van der Waals surface area contributed by atoms with Crippen LogP contribution in [0.1, 0.15) is 35.7 Å². The number of anilines is 1. The Hall–Kier alpha value is -3.06. The Labute approximate surface area is 166 Å². The van der Waals surface area contributed by atoms with Crippen LogP contribution in [0.5, 0.6) is 0 Å². The molecule has 3 aromatic rings. The zero-order chi connectivity index (χ0) is 20.1. The van der Waals surface area contributed by atoms with Crippen LogP contribution in [0.25, 0.3) is 16.3 Å². The Morgan fingerprint density at radius 3 is 2.54 bits per heavy atom. The van der Waals surface area contributed by atoms with Crippen molar-refractivity contribution in [3.63, 3.8) is 0 Å². The summed E-state index contributed by atoms with van der Waals surface area (Å²) in [5.41, 5.74) is 1.44. The van der Waals surface area contributed by atoms with Gasteiger partial charge in [0, 0.05) is 17.7 Å². The number of hydrogen-bond donors (Lipinski definition) is 1. The number of aliphatic hydroxyl groups is 1. The lowest BCUT2D eigenvalue weighted by molar-refractivity contribution is 0.0982. The van der Waals surface area contributed by atoms with Crippen LogP contribution >= 0.6 is 11.3 Å². The quantitative estimate of drug-likeness (QED) is 0.548. The fraction of sp³-hybridized carbons (Fsp3) is 0.190. The van der Waals surface area contributed by atoms with Crippen molar-refractivity contribution in [2.75, 3.05) is 11.4 Å². The molecule has 0 bridgehead atoms. The van der Waals surface area contributed by atoms with E-state index in [0.29, 0.717) is 22.2 Å². The third-order valence-electron chi connectivity index (χ3n) is 4.20. The van der Waals surface area contributed by atoms with E-state index < -0.39 is 11.7 Å². The third-order valence-corrected chi connectivity index (χ3v) is 5.19. The van der Waals surface area contributed by atoms with E-state index in [1.54, 1.807) is 36.4 Å². The minimum absolute atomic E-state index is 0.00859. The second-order valence-electron chi connectivity index (χ2n) is 6.20. The maximum atomic E-state index is 14.1. The average Bonchev–Trinajstić information content (AvgIpc) is 3.18. The number of benzene rings is 2. The fourth-order valence-corrected chi connectivity index (χ4v) is 3.50. The number of aromatic nitrogens is 2. The molecule has 0 atom stereocenters. The molecule has 0 unspecified atom stereocenters. The Balaban J connectivity index is 1.90. The first-order valence-corrected chi connectivity index (χ1v) is 9.71. The van der Waals surface area contributed by atoms with Crippen LogP contribution in [0.3, 0.4) is 0 Å². The van der Waals surface area contributed by atoms with Crippen molar-refractivity contribution < 1.29 is 14.3 Å². The molecule has 0 fully saturated rings. The Morgan fingerprint density at radius 1 is 1.18 bits per heavy atom. The van der Waals surface area contributed by atoms with Crippen LogP contribution < -0.4 is 4.90 Å². The molecule has 0 saturated carbocycles. The number of unbranched alkanes of at least 4 members (excludes halogenated alkanes) is 1. The van der Waals surface area contributed by atoms with Gasteiger partial charge in [-0.05, 0) is 18.6 Å². The summed E-state index contributed by atoms with van der Waals surface area (Å²) in [7, 11) is 0. The van der Waals surface area contributed by atoms with Gasteiger partial charge in [0.25, 0.3) is 5.91 Å². The predicted octanol–water partition coefficient (Wildman–Crippen LogP) is 5.32. The third kappa shape index (κ3) is 4.26. The van der Waals surface area contributed by atoms with E-state index in [1.807, 2.05) is 6.92 Å². The maximum absolute atomic E-state index is 14.1. The van der Waals surface area contributed by atoms with Crippen LogP contribution in [0.4, 0.5) is 9.52 Å². The minimum atomic E-state index is -0.557. The van der Waals surface area contributed by atoms with E-state index in [0.717, 1.165) is 18.4 Å². The summed E-state index contributed by atoms with van der Waals surface area (Å²) in [6.07, 6.45) is 1.65. The molecule has 0 radical (unpaired) electrons. The number of nitrogens with zero attached hydrogens (tertiary/aromatic N) is 3. The highest BCUT2D eigenvalue weighted by molar-refractivity contribution is 7.18. The standard InChI is InChI=1S/C21H20FN3O2S/c1-3-4-13-25(20(27)17-7-5-6-8-18(17)22)21-24-23-19(28-21)16-11-9-15(10-12-16)14(2)26/h5-12,26H,2-4,13H2,1H3. The molecule has 2 aromatic carbocycles. The molecule has 144 valence electrons. The molecule has 0 aliphatic rings. The molecule has 1 aromatic heterocycles. The molecule has 0 saturated heterocycles. The van der Waals surface area contributed by atoms with Crippen LogP contribution in [0, 0.1) is 5.82 Å². The zero-order valence-corrected chi connectivity index (χ0v) is 16.2. The molecule has 3 rings (SSSR count). The number of amides is 1. The molecule has 1 N–H and O–H groups in total. The summed E-state index contributed by atoms with van der Waals surface area (Å²) in [5, 5.41) is 18.8. The van der Waals surface area contributed by atoms with Crippen molar-refractivity contribution in [3.05, 3.63) is 72.1 Å². The number of aliphatic hydroxyl groups excluding tert-OH is 1. The number of rotatable bonds is 7. The van der Waals surface area contributed by atoms with Gasteiger partial charge in [-0.3, -0.25) is 9.69 Å². The topological polar surface area (TPSA) is 66.3 Å². The molecule has 0 spiro atoms. The molecular weight excluding hydrogens is 377 g/mol. The highest BCUT2D eigenvalue weighted by Crippen LogP contribution is 2.30. The molecule has 0 aliphatic heterocycles. The molecule has 28 heavy (non-hydrogen) atoms. The number of carbonyl (C=O) groups excluding carboxylic acids is 1. The van der Waals surface area contributed by atoms with Gasteiger partial charge in [0.2, 0.25) is 5.13 Å². The second-order valence-corrected chi connectivity index (χ2v) is 7.16. The van der Waals surface area contributed by atoms with Crippen molar-refractivity contribution in [1.29, 1.82) is 0 Å². The zero-order valence-electron chi connectivity index (χ0n) is 15.4. The monoisotopic (exact) mass is 397 g/mol. The van der Waals surface area contributed by atoms with Crippen LogP contribution in [0.2, 0.25) is 0 Å². The van der Waals surface area contributed by atoms with Crippen molar-refractivity contribution in [1.82, 2.24) is 10.2 Å². The summed E-state index contributed by atoms with van der Waals surface area (Å²) < 4.78 is 14.1. The highest BCUT2D eigenvalue weighted by Gasteiger charge is 2.23. The summed E-state index contributed by atoms with van der Waals surface area (Å²) in [6, 6.07) is 13.0. The molecule has 5 nitrogen and oxygen atoms in total. The minimum Gasteiger partial charge on any atom is -0.508 e. The van der Waals surface area contributed by atoms with E-state index in [4.69, 9.17) is 0 Å². The van der Waals surface area contributed by atoms with Gasteiger partial charge in [0.05, 0.1) is 5.56 Å². The van der Waals surface area contributed by atoms with Gasteiger partial charge < -0.3 is 5.11 Å². The largest absolute Gasteiger partial charge is 0.508 e. The Bertz CT molecular complexity index is 985. The van der Waals surface area contributed by atoms with Gasteiger partial charge in [-0.15, -0.1) is 10.2 Å². The molecule has 7 heteroatoms. The van der Waals surface area contributed by atoms with Gasteiger partial charge in [-0.1, -0.05) is 67.7 Å². The molecule has 1 heterocycles. The van der Waals surface area contributed by atoms with Gasteiger partial charge >= 0.3 is 0 Å². The lowest BCUT2D eigenvalue weighted by atomic mass is 10.1. The second kappa shape index (κ2) is 8.75. The van der Waals surface area contributed by atoms with E-state index in [2.05, 4.69) is 16.8 Å². The average molecular weight is 397 g/mol. The summed E-state index contributed by atoms with van der Waals surface area (Å²) in [4.78, 5) is 14.4. The van der Waals surface area contributed by atoms with Crippen molar-refractivity contribution in [2.45, 2.75) is 19.8 Å². The first-order valence-electron chi connectivity index (χ1n) is 8.89. The van der Waals surface area contributed by atoms with Gasteiger partial charge in [0.15, 0.2) is 0 Å². The van der Waals surface area contributed by atoms with Gasteiger partial charge in [-0.25, -0.2) is 4.39 Å². The van der Waals surface area contributed by atoms with Gasteiger partial charge in [0.1, 0.15) is 16.6 Å². The van der Waals surface area contributed by atoms with Crippen molar-refractivity contribution in [3.8, 4) is 10.6 Å². The van der Waals surface area contributed by atoms with Crippen molar-refractivity contribution >= 4 is 28.1 Å². The van der Waals surface area contributed by atoms with E-state index in [1.165, 1.54) is 28.4 Å². The number of hydrogen-bond acceptors (Lipinski definition) is 5. The predicted molar refractivity (Wildman–Crippen MR) is 110 cm³/mol. The van der Waals surface area contributed by atoms with Crippen LogP contribution in [0.15, 0.2) is 55.1 Å². The smallest absolute Gasteiger partial charge is 0.263 e. The lowest BCUT2D eigenvalue weighted by Crippen LogP contribution is -2.32. The Kier molecular flexibility index (Phi) is 6.16. The summed E-state index contributed by atoms with van der Waals surface area (Å²) >= 11 is 1.26. The SMILES string of the molecule is C=C(O)c1ccc(-c2nnc(N(CCCC)C(=O)c3ccccc3F)s2)cc1. The Morgan fingerprint density at radius 2 is 1.89 bits per heavy atom. The van der Waals surface area contributed by atoms with Crippen LogP contribution in [-0.4, -0.2) is 27.8 Å². The van der Waals surface area contributed by atoms with Crippen molar-refractivity contribution in [2.24, 2.45) is 0 Å². The van der Waals surface area contributed by atoms with Crippen LogP contribution in [-0.2, 0) is 0 Å². The first-order chi connectivity index (χ1) is 13.5. The normalized spacial score (nSPS) is 10.6. The van der Waals surface area contributed by atoms with E-state index >= 15 is 0 Å². The van der Waals surface area contributed by atoms with Gasteiger partial charge in [-0.2, -0.15) is 0 Å². The number of halogens is 1. The fourth-order valence-electron chi connectivity index (χ4n) is 2.63. The van der Waals surface area contributed by atoms with E-state index in [-0.39, 0.29) is 11.3 Å². The molecule has 1 amide bonds.